The van der Waals surface area contributed by atoms with Gasteiger partial charge >= 0.3 is 5.97 Å². The maximum Gasteiger partial charge on any atom is 0.339 e. The second-order valence-corrected chi connectivity index (χ2v) is 3.38. The second kappa shape index (κ2) is 4.78. The lowest BCUT2D eigenvalue weighted by Crippen LogP contribution is -2.04. The summed E-state index contributed by atoms with van der Waals surface area (Å²) in [6.07, 6.45) is 1.43. The van der Waals surface area contributed by atoms with E-state index in [1.54, 1.807) is 19.1 Å². The van der Waals surface area contributed by atoms with Crippen molar-refractivity contribution in [3.8, 4) is 5.75 Å². The van der Waals surface area contributed by atoms with E-state index < -0.39 is 5.97 Å². The van der Waals surface area contributed by atoms with Gasteiger partial charge in [-0.3, -0.25) is 9.93 Å². The van der Waals surface area contributed by atoms with E-state index >= 15 is 0 Å². The minimum Gasteiger partial charge on any atom is -0.462 e. The Bertz CT molecular complexity index is 556. The molecule has 2 aromatic rings. The van der Waals surface area contributed by atoms with Crippen molar-refractivity contribution in [1.29, 1.82) is 0 Å². The standard InChI is InChI=1S/C12H10FNO3/c1-2-16-12(15)9-5-8-6-10(17-13)3-4-11(8)14-7-9/h3-7H,2H2,1H3. The normalized spacial score (nSPS) is 10.2. The van der Waals surface area contributed by atoms with Gasteiger partial charge in [0, 0.05) is 16.1 Å². The number of pyridine rings is 1. The summed E-state index contributed by atoms with van der Waals surface area (Å²) in [5.41, 5.74) is 0.981. The number of nitrogens with zero attached hydrogens (tertiary/aromatic N) is 1. The van der Waals surface area contributed by atoms with Gasteiger partial charge in [0.2, 0.25) is 0 Å². The first-order valence-electron chi connectivity index (χ1n) is 5.10. The Kier molecular flexibility index (Phi) is 3.18. The summed E-state index contributed by atoms with van der Waals surface area (Å²) in [6, 6.07) is 6.12. The Morgan fingerprint density at radius 1 is 1.41 bits per heavy atom. The third-order valence-electron chi connectivity index (χ3n) is 2.25. The molecule has 88 valence electrons. The number of aromatic nitrogens is 1. The van der Waals surface area contributed by atoms with Gasteiger partial charge in [-0.25, -0.2) is 4.79 Å². The van der Waals surface area contributed by atoms with Gasteiger partial charge in [0.15, 0.2) is 5.75 Å². The van der Waals surface area contributed by atoms with Gasteiger partial charge in [-0.1, -0.05) is 0 Å². The number of ether oxygens (including phenoxy) is 1. The van der Waals surface area contributed by atoms with Crippen molar-refractivity contribution in [3.63, 3.8) is 0 Å². The second-order valence-electron chi connectivity index (χ2n) is 3.38. The Morgan fingerprint density at radius 2 is 2.24 bits per heavy atom. The van der Waals surface area contributed by atoms with Crippen LogP contribution in [0.4, 0.5) is 4.53 Å². The highest BCUT2D eigenvalue weighted by Crippen LogP contribution is 2.20. The molecule has 0 aliphatic carbocycles. The minimum absolute atomic E-state index is 0.0697. The Balaban J connectivity index is 2.44. The number of halogens is 1. The molecule has 0 N–H and O–H groups in total. The van der Waals surface area contributed by atoms with Gasteiger partial charge < -0.3 is 4.74 Å². The maximum atomic E-state index is 12.0. The zero-order valence-corrected chi connectivity index (χ0v) is 9.14. The predicted molar refractivity (Wildman–Crippen MR) is 59.4 cm³/mol. The van der Waals surface area contributed by atoms with Crippen LogP contribution in [-0.2, 0) is 4.74 Å². The molecule has 2 rings (SSSR count). The average molecular weight is 235 g/mol. The molecule has 1 aromatic carbocycles. The van der Waals surface area contributed by atoms with Gasteiger partial charge in [0.1, 0.15) is 0 Å². The Morgan fingerprint density at radius 3 is 2.94 bits per heavy atom. The zero-order valence-electron chi connectivity index (χ0n) is 9.14. The van der Waals surface area contributed by atoms with Crippen LogP contribution in [0, 0.1) is 0 Å². The zero-order chi connectivity index (χ0) is 12.3. The van der Waals surface area contributed by atoms with Crippen molar-refractivity contribution in [2.24, 2.45) is 0 Å². The van der Waals surface area contributed by atoms with Crippen molar-refractivity contribution < 1.29 is 19.0 Å². The van der Waals surface area contributed by atoms with Crippen LogP contribution >= 0.6 is 0 Å². The fraction of sp³-hybridized carbons (Fsp3) is 0.167. The van der Waals surface area contributed by atoms with Crippen molar-refractivity contribution in [3.05, 3.63) is 36.0 Å². The summed E-state index contributed by atoms with van der Waals surface area (Å²) in [5.74, 6) is -0.381. The minimum atomic E-state index is -0.450. The molecule has 0 aliphatic heterocycles. The average Bonchev–Trinajstić information content (AvgIpc) is 2.37. The lowest BCUT2D eigenvalue weighted by molar-refractivity contribution is -0.00603. The van der Waals surface area contributed by atoms with Crippen LogP contribution in [0.25, 0.3) is 10.9 Å². The first-order chi connectivity index (χ1) is 8.24. The lowest BCUT2D eigenvalue weighted by Gasteiger charge is -2.03. The molecule has 0 saturated heterocycles. The van der Waals surface area contributed by atoms with E-state index in [0.29, 0.717) is 23.1 Å². The summed E-state index contributed by atoms with van der Waals surface area (Å²) < 4.78 is 16.9. The number of carbonyl (C=O) groups excluding carboxylic acids is 1. The van der Waals surface area contributed by atoms with Gasteiger partial charge in [-0.15, -0.1) is 0 Å². The molecule has 1 aromatic heterocycles. The van der Waals surface area contributed by atoms with E-state index in [4.69, 9.17) is 4.74 Å². The molecule has 17 heavy (non-hydrogen) atoms. The molecule has 0 unspecified atom stereocenters. The summed E-state index contributed by atoms with van der Waals surface area (Å²) in [4.78, 5) is 19.2. The third-order valence-corrected chi connectivity index (χ3v) is 2.25. The first-order valence-corrected chi connectivity index (χ1v) is 5.10. The number of benzene rings is 1. The van der Waals surface area contributed by atoms with Crippen LogP contribution in [0.15, 0.2) is 30.5 Å². The van der Waals surface area contributed by atoms with E-state index in [9.17, 15) is 9.32 Å². The quantitative estimate of drug-likeness (QED) is 0.767. The van der Waals surface area contributed by atoms with E-state index in [1.165, 1.54) is 18.3 Å². The van der Waals surface area contributed by atoms with Crippen molar-refractivity contribution in [2.45, 2.75) is 6.92 Å². The number of carbonyl (C=O) groups is 1. The lowest BCUT2D eigenvalue weighted by atomic mass is 10.1. The SMILES string of the molecule is CCOC(=O)c1cnc2ccc(OF)cc2c1. The predicted octanol–water partition coefficient (Wildman–Crippen LogP) is 2.67. The Hall–Kier alpha value is -2.17. The third kappa shape index (κ3) is 2.33. The smallest absolute Gasteiger partial charge is 0.339 e. The monoisotopic (exact) mass is 235 g/mol. The van der Waals surface area contributed by atoms with Crippen molar-refractivity contribution >= 4 is 16.9 Å². The van der Waals surface area contributed by atoms with Crippen molar-refractivity contribution in [1.82, 2.24) is 4.98 Å². The van der Waals surface area contributed by atoms with Crippen LogP contribution in [0.1, 0.15) is 17.3 Å². The topological polar surface area (TPSA) is 48.4 Å². The highest BCUT2D eigenvalue weighted by Gasteiger charge is 2.08. The molecule has 0 spiro atoms. The highest BCUT2D eigenvalue weighted by atomic mass is 19.3. The summed E-state index contributed by atoms with van der Waals surface area (Å²) in [6.45, 7) is 2.02. The number of rotatable bonds is 3. The number of fused-ring (bicyclic) bond motifs is 1. The molecular formula is C12H10FNO3. The van der Waals surface area contributed by atoms with E-state index in [-0.39, 0.29) is 5.75 Å². The summed E-state index contributed by atoms with van der Waals surface area (Å²) in [5, 5.41) is 0.616. The largest absolute Gasteiger partial charge is 0.462 e. The number of hydrogen-bond donors (Lipinski definition) is 0. The van der Waals surface area contributed by atoms with Crippen LogP contribution in [0.2, 0.25) is 0 Å². The molecule has 0 saturated carbocycles. The van der Waals surface area contributed by atoms with Gasteiger partial charge in [-0.2, -0.15) is 0 Å². The first kappa shape index (κ1) is 11.3. The number of esters is 1. The number of hydrogen-bond acceptors (Lipinski definition) is 4. The molecule has 4 nitrogen and oxygen atoms in total. The molecular weight excluding hydrogens is 225 g/mol. The molecule has 5 heteroatoms. The molecule has 0 atom stereocenters. The molecule has 0 bridgehead atoms. The fourth-order valence-corrected chi connectivity index (χ4v) is 1.48. The van der Waals surface area contributed by atoms with E-state index in [1.807, 2.05) is 0 Å². The highest BCUT2D eigenvalue weighted by molar-refractivity contribution is 5.93. The molecule has 0 fully saturated rings. The fourth-order valence-electron chi connectivity index (χ4n) is 1.48. The van der Waals surface area contributed by atoms with E-state index in [0.717, 1.165) is 0 Å². The van der Waals surface area contributed by atoms with Gasteiger partial charge in [0.05, 0.1) is 17.7 Å². The van der Waals surface area contributed by atoms with Crippen LogP contribution in [-0.4, -0.2) is 17.6 Å². The van der Waals surface area contributed by atoms with Crippen LogP contribution in [0.5, 0.6) is 5.75 Å². The molecule has 0 amide bonds. The van der Waals surface area contributed by atoms with Gasteiger partial charge in [0.25, 0.3) is 0 Å². The molecule has 0 aliphatic rings. The van der Waals surface area contributed by atoms with Crippen LogP contribution in [0.3, 0.4) is 0 Å². The molecule has 1 heterocycles. The molecule has 0 radical (unpaired) electrons. The maximum absolute atomic E-state index is 12.0. The Labute approximate surface area is 96.9 Å². The van der Waals surface area contributed by atoms with Gasteiger partial charge in [-0.05, 0) is 31.2 Å². The van der Waals surface area contributed by atoms with Crippen molar-refractivity contribution in [2.75, 3.05) is 6.61 Å². The van der Waals surface area contributed by atoms with E-state index in [2.05, 4.69) is 9.93 Å². The van der Waals surface area contributed by atoms with Crippen LogP contribution < -0.4 is 4.94 Å². The summed E-state index contributed by atoms with van der Waals surface area (Å²) >= 11 is 0. The summed E-state index contributed by atoms with van der Waals surface area (Å²) in [7, 11) is 0.